The van der Waals surface area contributed by atoms with Crippen molar-refractivity contribution < 1.29 is 39.0 Å². The summed E-state index contributed by atoms with van der Waals surface area (Å²) in [6.45, 7) is 4.17. The third kappa shape index (κ3) is 10.3. The molecular weight excluding hydrogens is 546 g/mol. The van der Waals surface area contributed by atoms with Gasteiger partial charge >= 0.3 is 5.97 Å². The second kappa shape index (κ2) is 15.9. The lowest BCUT2D eigenvalue weighted by atomic mass is 10.0. The molecule has 0 radical (unpaired) electrons. The zero-order valence-electron chi connectivity index (χ0n) is 23.6. The summed E-state index contributed by atoms with van der Waals surface area (Å²) in [5, 5.41) is 28.1. The quantitative estimate of drug-likeness (QED) is 0.150. The molecule has 0 bridgehead atoms. The number of aliphatic hydroxyl groups excluding tert-OH is 1. The molecule has 4 atom stereocenters. The SMILES string of the molecule is CC(C)C[C@H](NC(=O)[C@H](C)NC(=O)c1ccc(-c2ccccc2)cc1)C(=O)N[C@@H](CO)C(=O)N[C@@H](CC(=O)O)C(N)=O. The van der Waals surface area contributed by atoms with Gasteiger partial charge in [0.15, 0.2) is 0 Å². The monoisotopic (exact) mass is 583 g/mol. The lowest BCUT2D eigenvalue weighted by molar-refractivity contribution is -0.140. The van der Waals surface area contributed by atoms with Crippen molar-refractivity contribution in [3.8, 4) is 11.1 Å². The number of carboxylic acids is 1. The van der Waals surface area contributed by atoms with Crippen LogP contribution in [0.15, 0.2) is 54.6 Å². The number of primary amides is 1. The van der Waals surface area contributed by atoms with E-state index in [1.807, 2.05) is 30.3 Å². The Bertz CT molecular complexity index is 1270. The number of nitrogens with two attached hydrogens (primary N) is 1. The molecule has 2 rings (SSSR count). The third-order valence-corrected chi connectivity index (χ3v) is 6.19. The molecular formula is C29H37N5O8. The van der Waals surface area contributed by atoms with Crippen molar-refractivity contribution in [1.82, 2.24) is 21.3 Å². The van der Waals surface area contributed by atoms with Crippen LogP contribution in [0.25, 0.3) is 11.1 Å². The summed E-state index contributed by atoms with van der Waals surface area (Å²) in [5.41, 5.74) is 7.36. The highest BCUT2D eigenvalue weighted by molar-refractivity contribution is 5.99. The van der Waals surface area contributed by atoms with Crippen molar-refractivity contribution in [2.45, 2.75) is 57.8 Å². The van der Waals surface area contributed by atoms with E-state index in [0.717, 1.165) is 11.1 Å². The second-order valence-electron chi connectivity index (χ2n) is 10.1. The van der Waals surface area contributed by atoms with Gasteiger partial charge in [-0.15, -0.1) is 0 Å². The van der Waals surface area contributed by atoms with E-state index in [1.165, 1.54) is 6.92 Å². The van der Waals surface area contributed by atoms with Gasteiger partial charge in [0.25, 0.3) is 5.91 Å². The highest BCUT2D eigenvalue weighted by Gasteiger charge is 2.31. The summed E-state index contributed by atoms with van der Waals surface area (Å²) in [4.78, 5) is 73.6. The van der Waals surface area contributed by atoms with E-state index in [1.54, 1.807) is 38.1 Å². The largest absolute Gasteiger partial charge is 0.481 e. The zero-order chi connectivity index (χ0) is 31.4. The molecule has 0 aliphatic rings. The molecule has 2 aromatic rings. The molecule has 13 nitrogen and oxygen atoms in total. The molecule has 0 aromatic heterocycles. The average Bonchev–Trinajstić information content (AvgIpc) is 2.94. The van der Waals surface area contributed by atoms with Gasteiger partial charge in [-0.25, -0.2) is 0 Å². The predicted molar refractivity (Wildman–Crippen MR) is 153 cm³/mol. The normalized spacial score (nSPS) is 13.6. The summed E-state index contributed by atoms with van der Waals surface area (Å²) in [5.74, 6) is -5.59. The van der Waals surface area contributed by atoms with Crippen molar-refractivity contribution in [1.29, 1.82) is 0 Å². The Morgan fingerprint density at radius 3 is 1.76 bits per heavy atom. The molecule has 5 amide bonds. The van der Waals surface area contributed by atoms with Crippen LogP contribution in [0.5, 0.6) is 0 Å². The van der Waals surface area contributed by atoms with Crippen molar-refractivity contribution in [3.63, 3.8) is 0 Å². The van der Waals surface area contributed by atoms with Gasteiger partial charge in [0, 0.05) is 5.56 Å². The Morgan fingerprint density at radius 2 is 1.24 bits per heavy atom. The van der Waals surface area contributed by atoms with E-state index in [-0.39, 0.29) is 12.3 Å². The first-order valence-electron chi connectivity index (χ1n) is 13.3. The van der Waals surface area contributed by atoms with Gasteiger partial charge in [-0.2, -0.15) is 0 Å². The fourth-order valence-electron chi connectivity index (χ4n) is 3.93. The van der Waals surface area contributed by atoms with E-state index in [0.29, 0.717) is 5.56 Å². The maximum Gasteiger partial charge on any atom is 0.305 e. The molecule has 0 spiro atoms. The number of carboxylic acid groups (broad SMARTS) is 1. The van der Waals surface area contributed by atoms with Gasteiger partial charge in [-0.1, -0.05) is 56.3 Å². The zero-order valence-corrected chi connectivity index (χ0v) is 23.6. The van der Waals surface area contributed by atoms with Crippen LogP contribution in [0.1, 0.15) is 44.0 Å². The van der Waals surface area contributed by atoms with Crippen LogP contribution >= 0.6 is 0 Å². The van der Waals surface area contributed by atoms with Gasteiger partial charge in [0.05, 0.1) is 13.0 Å². The van der Waals surface area contributed by atoms with Crippen LogP contribution in [0.4, 0.5) is 0 Å². The smallest absolute Gasteiger partial charge is 0.305 e. The minimum absolute atomic E-state index is 0.0784. The Kier molecular flexibility index (Phi) is 12.6. The lowest BCUT2D eigenvalue weighted by Gasteiger charge is -2.25. The molecule has 8 N–H and O–H groups in total. The number of aliphatic hydroxyl groups is 1. The summed E-state index contributed by atoms with van der Waals surface area (Å²) in [7, 11) is 0. The second-order valence-corrected chi connectivity index (χ2v) is 10.1. The maximum atomic E-state index is 13.0. The number of carbonyl (C=O) groups is 6. The minimum Gasteiger partial charge on any atom is -0.481 e. The van der Waals surface area contributed by atoms with Gasteiger partial charge in [0.1, 0.15) is 24.2 Å². The third-order valence-electron chi connectivity index (χ3n) is 6.19. The van der Waals surface area contributed by atoms with Crippen LogP contribution in [-0.4, -0.2) is 76.5 Å². The molecule has 0 saturated heterocycles. The predicted octanol–water partition coefficient (Wildman–Crippen LogP) is -0.0753. The molecule has 42 heavy (non-hydrogen) atoms. The number of amides is 5. The molecule has 0 aliphatic carbocycles. The molecule has 13 heteroatoms. The fraction of sp³-hybridized carbons (Fsp3) is 0.379. The molecule has 226 valence electrons. The number of benzene rings is 2. The highest BCUT2D eigenvalue weighted by Crippen LogP contribution is 2.19. The first-order valence-corrected chi connectivity index (χ1v) is 13.3. The van der Waals surface area contributed by atoms with E-state index in [4.69, 9.17) is 10.8 Å². The van der Waals surface area contributed by atoms with E-state index < -0.39 is 72.7 Å². The Morgan fingerprint density at radius 1 is 0.714 bits per heavy atom. The lowest BCUT2D eigenvalue weighted by Crippen LogP contribution is -2.59. The van der Waals surface area contributed by atoms with Crippen LogP contribution in [-0.2, 0) is 24.0 Å². The Balaban J connectivity index is 2.03. The minimum atomic E-state index is -1.56. The van der Waals surface area contributed by atoms with Crippen LogP contribution < -0.4 is 27.0 Å². The Labute approximate surface area is 243 Å². The average molecular weight is 584 g/mol. The van der Waals surface area contributed by atoms with Crippen LogP contribution in [0, 0.1) is 5.92 Å². The maximum absolute atomic E-state index is 13.0. The van der Waals surface area contributed by atoms with Gasteiger partial charge in [-0.05, 0) is 42.5 Å². The number of carbonyl (C=O) groups excluding carboxylic acids is 5. The van der Waals surface area contributed by atoms with Crippen LogP contribution in [0.3, 0.4) is 0 Å². The Hall–Kier alpha value is -4.78. The van der Waals surface area contributed by atoms with Crippen molar-refractivity contribution in [3.05, 3.63) is 60.2 Å². The topological polar surface area (TPSA) is 217 Å². The molecule has 0 saturated carbocycles. The summed E-state index contributed by atoms with van der Waals surface area (Å²) in [6, 6.07) is 11.2. The fourth-order valence-corrected chi connectivity index (χ4v) is 3.93. The molecule has 0 aliphatic heterocycles. The number of hydrogen-bond acceptors (Lipinski definition) is 7. The molecule has 0 fully saturated rings. The van der Waals surface area contributed by atoms with Crippen molar-refractivity contribution in [2.75, 3.05) is 6.61 Å². The first kappa shape index (κ1) is 33.4. The van der Waals surface area contributed by atoms with Crippen molar-refractivity contribution >= 4 is 35.5 Å². The van der Waals surface area contributed by atoms with E-state index >= 15 is 0 Å². The highest BCUT2D eigenvalue weighted by atomic mass is 16.4. The molecule has 0 unspecified atom stereocenters. The van der Waals surface area contributed by atoms with Crippen molar-refractivity contribution in [2.24, 2.45) is 11.7 Å². The van der Waals surface area contributed by atoms with E-state index in [2.05, 4.69) is 21.3 Å². The van der Waals surface area contributed by atoms with Gasteiger partial charge in [-0.3, -0.25) is 28.8 Å². The summed E-state index contributed by atoms with van der Waals surface area (Å²) >= 11 is 0. The first-order chi connectivity index (χ1) is 19.8. The standard InChI is InChI=1S/C29H37N5O8/c1-16(2)13-22(28(41)34-23(15-35)29(42)32-21(25(30)38)14-24(36)37)33-26(39)17(3)31-27(40)20-11-9-19(10-12-20)18-7-5-4-6-8-18/h4-12,16-17,21-23,35H,13-15H2,1-3H3,(H2,30,38)(H,31,40)(H,32,42)(H,33,39)(H,34,41)(H,36,37)/t17-,21-,22-,23-/m0/s1. The molecule has 2 aromatic carbocycles. The van der Waals surface area contributed by atoms with Gasteiger partial charge in [0.2, 0.25) is 23.6 Å². The number of rotatable bonds is 15. The number of aliphatic carboxylic acids is 1. The van der Waals surface area contributed by atoms with E-state index in [9.17, 15) is 33.9 Å². The van der Waals surface area contributed by atoms with Crippen LogP contribution in [0.2, 0.25) is 0 Å². The number of hydrogen-bond donors (Lipinski definition) is 7. The van der Waals surface area contributed by atoms with Gasteiger partial charge < -0.3 is 37.2 Å². The summed E-state index contributed by atoms with van der Waals surface area (Å²) < 4.78 is 0. The summed E-state index contributed by atoms with van der Waals surface area (Å²) in [6.07, 6.45) is -0.637. The molecule has 0 heterocycles. The number of nitrogens with one attached hydrogen (secondary N) is 4.